The number of carbonyl (C=O) groups is 1. The van der Waals surface area contributed by atoms with Gasteiger partial charge in [0.05, 0.1) is 16.4 Å². The standard InChI is InChI=1S/C18H27N3O6S/c1-18(2,3)27-17(22)12-19-11-14-5-4-10-20(13-14)28(25,26)16-8-6-15(7-9-16)21(23)24/h6-9,14,19H,4-5,10-13H2,1-3H3. The van der Waals surface area contributed by atoms with Gasteiger partial charge in [-0.05, 0) is 58.2 Å². The van der Waals surface area contributed by atoms with E-state index in [1.165, 1.54) is 28.6 Å². The number of sulfonamides is 1. The summed E-state index contributed by atoms with van der Waals surface area (Å²) in [5.74, 6) is -0.275. The zero-order chi connectivity index (χ0) is 20.9. The number of ether oxygens (including phenoxy) is 1. The summed E-state index contributed by atoms with van der Waals surface area (Å²) < 4.78 is 32.3. The van der Waals surface area contributed by atoms with E-state index < -0.39 is 20.5 Å². The largest absolute Gasteiger partial charge is 0.459 e. The molecule has 0 aliphatic carbocycles. The fourth-order valence-electron chi connectivity index (χ4n) is 3.06. The Morgan fingerprint density at radius 3 is 2.54 bits per heavy atom. The number of hydrogen-bond donors (Lipinski definition) is 1. The van der Waals surface area contributed by atoms with E-state index in [1.807, 2.05) is 0 Å². The number of carbonyl (C=O) groups excluding carboxylic acids is 1. The van der Waals surface area contributed by atoms with Gasteiger partial charge in [-0.2, -0.15) is 4.31 Å². The number of nitrogens with zero attached hydrogens (tertiary/aromatic N) is 2. The number of non-ortho nitro benzene ring substituents is 1. The molecule has 0 spiro atoms. The molecule has 0 radical (unpaired) electrons. The Kier molecular flexibility index (Phi) is 7.13. The third kappa shape index (κ3) is 6.25. The van der Waals surface area contributed by atoms with E-state index in [1.54, 1.807) is 20.8 Å². The Labute approximate surface area is 165 Å². The van der Waals surface area contributed by atoms with Gasteiger partial charge >= 0.3 is 5.97 Å². The Bertz CT molecular complexity index is 802. The maximum atomic E-state index is 12.8. The van der Waals surface area contributed by atoms with Crippen molar-refractivity contribution in [3.8, 4) is 0 Å². The molecule has 1 N–H and O–H groups in total. The van der Waals surface area contributed by atoms with Crippen LogP contribution >= 0.6 is 0 Å². The first kappa shape index (κ1) is 22.3. The van der Waals surface area contributed by atoms with Gasteiger partial charge in [0, 0.05) is 25.2 Å². The van der Waals surface area contributed by atoms with Gasteiger partial charge < -0.3 is 10.1 Å². The fourth-order valence-corrected chi connectivity index (χ4v) is 4.61. The summed E-state index contributed by atoms with van der Waals surface area (Å²) in [6.45, 7) is 6.71. The van der Waals surface area contributed by atoms with Crippen LogP contribution in [0.15, 0.2) is 29.2 Å². The van der Waals surface area contributed by atoms with Crippen LogP contribution in [-0.4, -0.2) is 55.4 Å². The second-order valence-electron chi connectivity index (χ2n) is 7.84. The zero-order valence-electron chi connectivity index (χ0n) is 16.4. The van der Waals surface area contributed by atoms with Crippen molar-refractivity contribution in [1.29, 1.82) is 0 Å². The van der Waals surface area contributed by atoms with E-state index in [0.717, 1.165) is 6.42 Å². The first-order valence-corrected chi connectivity index (χ1v) is 10.6. The number of rotatable bonds is 7. The van der Waals surface area contributed by atoms with Gasteiger partial charge in [0.2, 0.25) is 10.0 Å². The third-order valence-corrected chi connectivity index (χ3v) is 6.17. The molecule has 28 heavy (non-hydrogen) atoms. The second-order valence-corrected chi connectivity index (χ2v) is 9.78. The molecule has 10 heteroatoms. The van der Waals surface area contributed by atoms with Gasteiger partial charge in [0.25, 0.3) is 5.69 Å². The molecule has 0 amide bonds. The van der Waals surface area contributed by atoms with E-state index in [9.17, 15) is 23.3 Å². The molecular formula is C18H27N3O6S. The second kappa shape index (κ2) is 8.97. The topological polar surface area (TPSA) is 119 Å². The minimum absolute atomic E-state index is 0.0421. The van der Waals surface area contributed by atoms with Crippen LogP contribution in [0, 0.1) is 16.0 Å². The average Bonchev–Trinajstić information content (AvgIpc) is 2.60. The van der Waals surface area contributed by atoms with Crippen molar-refractivity contribution < 1.29 is 22.9 Å². The van der Waals surface area contributed by atoms with Crippen molar-refractivity contribution >= 4 is 21.7 Å². The number of nitrogens with one attached hydrogen (secondary N) is 1. The highest BCUT2D eigenvalue weighted by Gasteiger charge is 2.30. The van der Waals surface area contributed by atoms with Crippen LogP contribution in [0.3, 0.4) is 0 Å². The molecule has 2 rings (SSSR count). The summed E-state index contributed by atoms with van der Waals surface area (Å²) in [4.78, 5) is 22.0. The fraction of sp³-hybridized carbons (Fsp3) is 0.611. The van der Waals surface area contributed by atoms with Crippen LogP contribution < -0.4 is 5.32 Å². The summed E-state index contributed by atoms with van der Waals surface area (Å²) >= 11 is 0. The quantitative estimate of drug-likeness (QED) is 0.412. The Morgan fingerprint density at radius 1 is 1.32 bits per heavy atom. The highest BCUT2D eigenvalue weighted by atomic mass is 32.2. The molecule has 9 nitrogen and oxygen atoms in total. The SMILES string of the molecule is CC(C)(C)OC(=O)CNCC1CCCN(S(=O)(=O)c2ccc([N+](=O)[O-])cc2)C1. The summed E-state index contributed by atoms with van der Waals surface area (Å²) in [6, 6.07) is 4.91. The van der Waals surface area contributed by atoms with Crippen molar-refractivity contribution in [1.82, 2.24) is 9.62 Å². The molecule has 1 aromatic carbocycles. The molecule has 1 atom stereocenters. The van der Waals surface area contributed by atoms with Crippen LogP contribution in [0.2, 0.25) is 0 Å². The first-order chi connectivity index (χ1) is 13.0. The monoisotopic (exact) mass is 413 g/mol. The Hall–Kier alpha value is -2.04. The van der Waals surface area contributed by atoms with Crippen molar-refractivity contribution in [2.24, 2.45) is 5.92 Å². The van der Waals surface area contributed by atoms with Gasteiger partial charge in [-0.1, -0.05) is 0 Å². The molecule has 0 bridgehead atoms. The van der Waals surface area contributed by atoms with Crippen molar-refractivity contribution in [3.05, 3.63) is 34.4 Å². The van der Waals surface area contributed by atoms with Crippen molar-refractivity contribution in [2.75, 3.05) is 26.2 Å². The Balaban J connectivity index is 1.92. The minimum atomic E-state index is -3.71. The highest BCUT2D eigenvalue weighted by molar-refractivity contribution is 7.89. The Morgan fingerprint density at radius 2 is 1.96 bits per heavy atom. The first-order valence-electron chi connectivity index (χ1n) is 9.16. The van der Waals surface area contributed by atoms with Gasteiger partial charge in [-0.25, -0.2) is 8.42 Å². The third-order valence-electron chi connectivity index (χ3n) is 4.29. The number of nitro groups is 1. The van der Waals surface area contributed by atoms with Crippen LogP contribution in [0.25, 0.3) is 0 Å². The molecule has 1 heterocycles. The van der Waals surface area contributed by atoms with Crippen LogP contribution in [-0.2, 0) is 19.6 Å². The molecule has 0 aromatic heterocycles. The molecule has 1 unspecified atom stereocenters. The molecular weight excluding hydrogens is 386 g/mol. The van der Waals surface area contributed by atoms with E-state index in [-0.39, 0.29) is 29.0 Å². The molecule has 1 aromatic rings. The molecule has 0 saturated carbocycles. The van der Waals surface area contributed by atoms with E-state index in [0.29, 0.717) is 26.1 Å². The molecule has 1 saturated heterocycles. The zero-order valence-corrected chi connectivity index (χ0v) is 17.2. The number of esters is 1. The molecule has 1 fully saturated rings. The lowest BCUT2D eigenvalue weighted by Gasteiger charge is -2.32. The summed E-state index contributed by atoms with van der Waals surface area (Å²) in [6.07, 6.45) is 1.57. The molecule has 1 aliphatic rings. The number of hydrogen-bond acceptors (Lipinski definition) is 7. The van der Waals surface area contributed by atoms with Gasteiger partial charge in [-0.15, -0.1) is 0 Å². The minimum Gasteiger partial charge on any atom is -0.459 e. The summed E-state index contributed by atoms with van der Waals surface area (Å²) in [5, 5.41) is 13.8. The molecule has 156 valence electrons. The van der Waals surface area contributed by atoms with Crippen LogP contribution in [0.1, 0.15) is 33.6 Å². The summed E-state index contributed by atoms with van der Waals surface area (Å²) in [5.41, 5.74) is -0.694. The smallest absolute Gasteiger partial charge is 0.320 e. The van der Waals surface area contributed by atoms with Gasteiger partial charge in [0.15, 0.2) is 0 Å². The highest BCUT2D eigenvalue weighted by Crippen LogP contribution is 2.24. The normalized spacial score (nSPS) is 18.6. The van der Waals surface area contributed by atoms with Crippen molar-refractivity contribution in [3.63, 3.8) is 0 Å². The molecule has 1 aliphatic heterocycles. The lowest BCUT2D eigenvalue weighted by Crippen LogP contribution is -2.43. The van der Waals surface area contributed by atoms with Crippen LogP contribution in [0.4, 0.5) is 5.69 Å². The lowest BCUT2D eigenvalue weighted by molar-refractivity contribution is -0.384. The predicted molar refractivity (Wildman–Crippen MR) is 103 cm³/mol. The maximum Gasteiger partial charge on any atom is 0.320 e. The van der Waals surface area contributed by atoms with E-state index >= 15 is 0 Å². The van der Waals surface area contributed by atoms with E-state index in [2.05, 4.69) is 5.32 Å². The predicted octanol–water partition coefficient (Wildman–Crippen LogP) is 1.93. The maximum absolute atomic E-state index is 12.8. The lowest BCUT2D eigenvalue weighted by atomic mass is 10.00. The van der Waals surface area contributed by atoms with Crippen LogP contribution in [0.5, 0.6) is 0 Å². The van der Waals surface area contributed by atoms with Crippen molar-refractivity contribution in [2.45, 2.75) is 44.1 Å². The number of nitro benzene ring substituents is 1. The van der Waals surface area contributed by atoms with Gasteiger partial charge in [-0.3, -0.25) is 14.9 Å². The number of benzene rings is 1. The number of piperidine rings is 1. The summed E-state index contributed by atoms with van der Waals surface area (Å²) in [7, 11) is -3.71. The van der Waals surface area contributed by atoms with E-state index in [4.69, 9.17) is 4.74 Å². The average molecular weight is 413 g/mol. The van der Waals surface area contributed by atoms with Gasteiger partial charge in [0.1, 0.15) is 5.60 Å².